The van der Waals surface area contributed by atoms with Gasteiger partial charge >= 0.3 is 0 Å². The monoisotopic (exact) mass is 487 g/mol. The molecule has 9 heteroatoms. The highest BCUT2D eigenvalue weighted by Gasteiger charge is 2.23. The number of nitrogens with zero attached hydrogens (tertiary/aromatic N) is 1. The second-order valence-corrected chi connectivity index (χ2v) is 9.42. The van der Waals surface area contributed by atoms with E-state index in [-0.39, 0.29) is 10.8 Å². The molecule has 0 radical (unpaired) electrons. The minimum absolute atomic E-state index is 0.0930. The molecule has 0 atom stereocenters. The van der Waals surface area contributed by atoms with Crippen molar-refractivity contribution in [3.63, 3.8) is 0 Å². The van der Waals surface area contributed by atoms with Crippen LogP contribution in [0.3, 0.4) is 0 Å². The Labute approximate surface area is 182 Å². The molecule has 154 valence electrons. The van der Waals surface area contributed by atoms with E-state index in [1.165, 1.54) is 18.3 Å². The summed E-state index contributed by atoms with van der Waals surface area (Å²) in [7, 11) is -3.71. The van der Waals surface area contributed by atoms with Gasteiger partial charge in [-0.2, -0.15) is 0 Å². The van der Waals surface area contributed by atoms with E-state index in [2.05, 4.69) is 31.0 Å². The van der Waals surface area contributed by atoms with Crippen molar-refractivity contribution in [1.29, 1.82) is 0 Å². The third-order valence-corrected chi connectivity index (χ3v) is 6.29. The second-order valence-electron chi connectivity index (χ2n) is 6.82. The van der Waals surface area contributed by atoms with Gasteiger partial charge in [-0.25, -0.2) is 13.4 Å². The third-order valence-electron chi connectivity index (χ3n) is 4.36. The lowest BCUT2D eigenvalue weighted by molar-refractivity contribution is 0.0951. The number of nitrogens with one attached hydrogen (secondary N) is 2. The van der Waals surface area contributed by atoms with Gasteiger partial charge in [0.25, 0.3) is 15.9 Å². The molecular weight excluding hydrogens is 470 g/mol. The van der Waals surface area contributed by atoms with Gasteiger partial charge in [0, 0.05) is 22.1 Å². The van der Waals surface area contributed by atoms with Crippen molar-refractivity contribution in [2.24, 2.45) is 0 Å². The lowest BCUT2D eigenvalue weighted by Gasteiger charge is -2.09. The summed E-state index contributed by atoms with van der Waals surface area (Å²) in [6.07, 6.45) is 3.45. The summed E-state index contributed by atoms with van der Waals surface area (Å²) in [5.41, 5.74) is 0.886. The Morgan fingerprint density at radius 2 is 1.70 bits per heavy atom. The molecule has 1 amide bonds. The van der Waals surface area contributed by atoms with Gasteiger partial charge in [-0.1, -0.05) is 15.9 Å². The number of rotatable bonds is 7. The Hall–Kier alpha value is -2.91. The van der Waals surface area contributed by atoms with Gasteiger partial charge in [0.05, 0.1) is 16.8 Å². The maximum Gasteiger partial charge on any atom is 0.261 e. The van der Waals surface area contributed by atoms with Crippen LogP contribution in [0.4, 0.5) is 5.69 Å². The lowest BCUT2D eigenvalue weighted by Crippen LogP contribution is -2.25. The summed E-state index contributed by atoms with van der Waals surface area (Å²) < 4.78 is 33.8. The Balaban J connectivity index is 1.38. The Bertz CT molecular complexity index is 1140. The smallest absolute Gasteiger partial charge is 0.261 e. The number of hydrogen-bond donors (Lipinski definition) is 2. The van der Waals surface area contributed by atoms with E-state index in [1.54, 1.807) is 48.5 Å². The molecule has 4 rings (SSSR count). The molecule has 1 saturated carbocycles. The number of benzene rings is 2. The van der Waals surface area contributed by atoms with Crippen LogP contribution < -0.4 is 14.8 Å². The number of amides is 1. The van der Waals surface area contributed by atoms with Gasteiger partial charge in [-0.3, -0.25) is 9.52 Å². The largest absolute Gasteiger partial charge is 0.439 e. The molecule has 1 heterocycles. The number of anilines is 1. The summed E-state index contributed by atoms with van der Waals surface area (Å²) in [5, 5.41) is 2.93. The van der Waals surface area contributed by atoms with Gasteiger partial charge in [-0.05, 0) is 67.4 Å². The fourth-order valence-corrected chi connectivity index (χ4v) is 3.93. The van der Waals surface area contributed by atoms with Crippen LogP contribution in [0.2, 0.25) is 0 Å². The number of halogens is 1. The van der Waals surface area contributed by atoms with E-state index < -0.39 is 10.0 Å². The molecule has 1 fully saturated rings. The molecular formula is C21H18BrN3O4S. The molecule has 0 aliphatic heterocycles. The molecule has 30 heavy (non-hydrogen) atoms. The van der Waals surface area contributed by atoms with Crippen LogP contribution in [0.25, 0.3) is 0 Å². The van der Waals surface area contributed by atoms with Crippen LogP contribution in [0, 0.1) is 0 Å². The van der Waals surface area contributed by atoms with Crippen molar-refractivity contribution >= 4 is 37.5 Å². The van der Waals surface area contributed by atoms with Crippen molar-refractivity contribution < 1.29 is 17.9 Å². The molecule has 1 aliphatic rings. The quantitative estimate of drug-likeness (QED) is 0.516. The van der Waals surface area contributed by atoms with E-state index in [0.29, 0.717) is 28.9 Å². The predicted molar refractivity (Wildman–Crippen MR) is 116 cm³/mol. The van der Waals surface area contributed by atoms with E-state index in [4.69, 9.17) is 4.74 Å². The number of sulfonamides is 1. The highest BCUT2D eigenvalue weighted by molar-refractivity contribution is 9.10. The number of carbonyl (C=O) groups excluding carboxylic acids is 1. The molecule has 2 N–H and O–H groups in total. The van der Waals surface area contributed by atoms with Gasteiger partial charge in [0.1, 0.15) is 5.75 Å². The number of carbonyl (C=O) groups is 1. The normalized spacial score (nSPS) is 13.5. The molecule has 1 aliphatic carbocycles. The van der Waals surface area contributed by atoms with Gasteiger partial charge in [0.15, 0.2) is 0 Å². The fourth-order valence-electron chi connectivity index (χ4n) is 2.62. The van der Waals surface area contributed by atoms with Crippen molar-refractivity contribution in [2.45, 2.75) is 23.8 Å². The summed E-state index contributed by atoms with van der Waals surface area (Å²) >= 11 is 3.28. The average molecular weight is 488 g/mol. The zero-order valence-electron chi connectivity index (χ0n) is 15.7. The summed E-state index contributed by atoms with van der Waals surface area (Å²) in [5.74, 6) is 0.732. The minimum atomic E-state index is -3.71. The first kappa shape index (κ1) is 20.4. The van der Waals surface area contributed by atoms with Crippen LogP contribution in [0.5, 0.6) is 11.6 Å². The molecule has 0 bridgehead atoms. The van der Waals surface area contributed by atoms with Gasteiger partial charge in [0.2, 0.25) is 5.88 Å². The standard InChI is InChI=1S/C21H18BrN3O4S/c22-15-3-10-19(11-4-15)30(27,28)25-17-7-12-20(23-13-17)29-18-8-1-14(2-9-18)21(26)24-16-5-6-16/h1-4,7-13,16,25H,5-6H2,(H,24,26). The van der Waals surface area contributed by atoms with Crippen LogP contribution in [-0.4, -0.2) is 25.4 Å². The fraction of sp³-hybridized carbons (Fsp3) is 0.143. The van der Waals surface area contributed by atoms with Crippen LogP contribution in [0.1, 0.15) is 23.2 Å². The van der Waals surface area contributed by atoms with Crippen molar-refractivity contribution in [2.75, 3.05) is 4.72 Å². The van der Waals surface area contributed by atoms with Crippen molar-refractivity contribution in [3.8, 4) is 11.6 Å². The summed E-state index contributed by atoms with van der Waals surface area (Å²) in [6.45, 7) is 0. The topological polar surface area (TPSA) is 97.4 Å². The third kappa shape index (κ3) is 5.17. The number of ether oxygens (including phenoxy) is 1. The molecule has 0 unspecified atom stereocenters. The van der Waals surface area contributed by atoms with Gasteiger partial charge in [-0.15, -0.1) is 0 Å². The Morgan fingerprint density at radius 3 is 2.30 bits per heavy atom. The zero-order valence-corrected chi connectivity index (χ0v) is 18.1. The zero-order chi connectivity index (χ0) is 21.1. The van der Waals surface area contributed by atoms with Crippen LogP contribution in [-0.2, 0) is 10.0 Å². The van der Waals surface area contributed by atoms with E-state index in [1.807, 2.05) is 0 Å². The first-order valence-electron chi connectivity index (χ1n) is 9.22. The summed E-state index contributed by atoms with van der Waals surface area (Å²) in [4.78, 5) is 16.3. The Morgan fingerprint density at radius 1 is 1.00 bits per heavy atom. The molecule has 3 aromatic rings. The second kappa shape index (κ2) is 8.45. The molecule has 2 aromatic carbocycles. The Kier molecular flexibility index (Phi) is 5.74. The molecule has 7 nitrogen and oxygen atoms in total. The number of pyridine rings is 1. The SMILES string of the molecule is O=C(NC1CC1)c1ccc(Oc2ccc(NS(=O)(=O)c3ccc(Br)cc3)cn2)cc1. The summed E-state index contributed by atoms with van der Waals surface area (Å²) in [6, 6.07) is 16.5. The molecule has 1 aromatic heterocycles. The highest BCUT2D eigenvalue weighted by Crippen LogP contribution is 2.24. The molecule has 0 saturated heterocycles. The van der Waals surface area contributed by atoms with E-state index in [0.717, 1.165) is 17.3 Å². The number of aromatic nitrogens is 1. The van der Waals surface area contributed by atoms with E-state index in [9.17, 15) is 13.2 Å². The first-order valence-corrected chi connectivity index (χ1v) is 11.5. The lowest BCUT2D eigenvalue weighted by atomic mass is 10.2. The van der Waals surface area contributed by atoms with Crippen LogP contribution >= 0.6 is 15.9 Å². The first-order chi connectivity index (χ1) is 14.4. The maximum absolute atomic E-state index is 12.4. The molecule has 0 spiro atoms. The van der Waals surface area contributed by atoms with Crippen molar-refractivity contribution in [3.05, 3.63) is 76.9 Å². The predicted octanol–water partition coefficient (Wildman–Crippen LogP) is 4.33. The number of hydrogen-bond acceptors (Lipinski definition) is 5. The van der Waals surface area contributed by atoms with Crippen molar-refractivity contribution in [1.82, 2.24) is 10.3 Å². The highest BCUT2D eigenvalue weighted by atomic mass is 79.9. The van der Waals surface area contributed by atoms with Crippen LogP contribution in [0.15, 0.2) is 76.2 Å². The van der Waals surface area contributed by atoms with Gasteiger partial charge < -0.3 is 10.1 Å². The minimum Gasteiger partial charge on any atom is -0.439 e. The average Bonchev–Trinajstić information content (AvgIpc) is 3.54. The van der Waals surface area contributed by atoms with E-state index >= 15 is 0 Å². The maximum atomic E-state index is 12.4.